The minimum atomic E-state index is 0.418. The lowest BCUT2D eigenvalue weighted by Gasteiger charge is -2.37. The Balaban J connectivity index is 2.74. The van der Waals surface area contributed by atoms with Crippen molar-refractivity contribution < 1.29 is 0 Å². The molecule has 0 radical (unpaired) electrons. The molecule has 0 spiro atoms. The second-order valence-electron chi connectivity index (χ2n) is 7.42. The molecule has 0 bridgehead atoms. The van der Waals surface area contributed by atoms with E-state index < -0.39 is 0 Å². The highest BCUT2D eigenvalue weighted by Crippen LogP contribution is 2.42. The van der Waals surface area contributed by atoms with Crippen molar-refractivity contribution in [1.82, 2.24) is 0 Å². The van der Waals surface area contributed by atoms with Crippen LogP contribution in [0.4, 0.5) is 0 Å². The Morgan fingerprint density at radius 2 is 1.56 bits per heavy atom. The Morgan fingerprint density at radius 1 is 1.00 bits per heavy atom. The van der Waals surface area contributed by atoms with Gasteiger partial charge in [0.1, 0.15) is 0 Å². The number of benzene rings is 1. The molecule has 0 saturated heterocycles. The molecule has 18 heavy (non-hydrogen) atoms. The summed E-state index contributed by atoms with van der Waals surface area (Å²) in [5.41, 5.74) is 2.35. The smallest absolute Gasteiger partial charge is 0.0185 e. The standard InChI is InChI=1S/C18H30/c1-7-18(6,14-17(3,4)5)13-15(2)16-11-9-8-10-12-16/h8-12,15H,7,13-14H2,1-6H3. The fraction of sp³-hybridized carbons (Fsp3) is 0.667. The van der Waals surface area contributed by atoms with Gasteiger partial charge in [0.15, 0.2) is 0 Å². The van der Waals surface area contributed by atoms with Crippen molar-refractivity contribution >= 4 is 0 Å². The van der Waals surface area contributed by atoms with Crippen LogP contribution in [-0.4, -0.2) is 0 Å². The van der Waals surface area contributed by atoms with Crippen LogP contribution in [0.3, 0.4) is 0 Å². The summed E-state index contributed by atoms with van der Waals surface area (Å²) in [4.78, 5) is 0. The first-order valence-electron chi connectivity index (χ1n) is 7.31. The number of hydrogen-bond donors (Lipinski definition) is 0. The molecule has 2 unspecified atom stereocenters. The van der Waals surface area contributed by atoms with Gasteiger partial charge in [-0.1, -0.05) is 78.3 Å². The van der Waals surface area contributed by atoms with Crippen LogP contribution in [0, 0.1) is 10.8 Å². The first kappa shape index (κ1) is 15.3. The van der Waals surface area contributed by atoms with Crippen LogP contribution in [0.25, 0.3) is 0 Å². The van der Waals surface area contributed by atoms with Crippen LogP contribution in [0.1, 0.15) is 72.3 Å². The van der Waals surface area contributed by atoms with Crippen LogP contribution < -0.4 is 0 Å². The highest BCUT2D eigenvalue weighted by Gasteiger charge is 2.30. The molecular formula is C18H30. The maximum Gasteiger partial charge on any atom is -0.0185 e. The molecule has 0 N–H and O–H groups in total. The van der Waals surface area contributed by atoms with Crippen LogP contribution in [-0.2, 0) is 0 Å². The molecule has 0 aromatic heterocycles. The topological polar surface area (TPSA) is 0 Å². The average Bonchev–Trinajstić information content (AvgIpc) is 2.27. The van der Waals surface area contributed by atoms with Crippen molar-refractivity contribution in [3.05, 3.63) is 35.9 Å². The van der Waals surface area contributed by atoms with E-state index in [2.05, 4.69) is 71.9 Å². The van der Waals surface area contributed by atoms with Crippen LogP contribution >= 0.6 is 0 Å². The monoisotopic (exact) mass is 246 g/mol. The molecule has 2 atom stereocenters. The summed E-state index contributed by atoms with van der Waals surface area (Å²) in [5, 5.41) is 0. The van der Waals surface area contributed by atoms with Gasteiger partial charge in [-0.25, -0.2) is 0 Å². The summed E-state index contributed by atoms with van der Waals surface area (Å²) in [6.07, 6.45) is 3.85. The third kappa shape index (κ3) is 4.84. The molecule has 0 amide bonds. The molecule has 0 aliphatic carbocycles. The van der Waals surface area contributed by atoms with Crippen molar-refractivity contribution in [3.8, 4) is 0 Å². The van der Waals surface area contributed by atoms with Gasteiger partial charge < -0.3 is 0 Å². The van der Waals surface area contributed by atoms with Gasteiger partial charge in [0.2, 0.25) is 0 Å². The molecule has 0 aliphatic rings. The summed E-state index contributed by atoms with van der Waals surface area (Å²) in [6, 6.07) is 10.9. The Labute approximate surface area is 114 Å². The second kappa shape index (κ2) is 5.91. The van der Waals surface area contributed by atoms with E-state index in [9.17, 15) is 0 Å². The van der Waals surface area contributed by atoms with Gasteiger partial charge in [0.25, 0.3) is 0 Å². The predicted molar refractivity (Wildman–Crippen MR) is 81.9 cm³/mol. The highest BCUT2D eigenvalue weighted by molar-refractivity contribution is 5.19. The summed E-state index contributed by atoms with van der Waals surface area (Å²) < 4.78 is 0. The fourth-order valence-corrected chi connectivity index (χ4v) is 3.26. The van der Waals surface area contributed by atoms with Crippen molar-refractivity contribution in [2.45, 2.75) is 66.7 Å². The Hall–Kier alpha value is -0.780. The third-order valence-electron chi connectivity index (χ3n) is 3.98. The van der Waals surface area contributed by atoms with Crippen molar-refractivity contribution in [2.24, 2.45) is 10.8 Å². The fourth-order valence-electron chi connectivity index (χ4n) is 3.26. The van der Waals surface area contributed by atoms with E-state index in [4.69, 9.17) is 0 Å². The lowest BCUT2D eigenvalue weighted by Crippen LogP contribution is -2.25. The lowest BCUT2D eigenvalue weighted by atomic mass is 9.68. The molecule has 0 aliphatic heterocycles. The van der Waals surface area contributed by atoms with Gasteiger partial charge >= 0.3 is 0 Å². The average molecular weight is 246 g/mol. The SMILES string of the molecule is CCC(C)(CC(C)c1ccccc1)CC(C)(C)C. The largest absolute Gasteiger partial charge is 0.0649 e. The molecule has 0 nitrogen and oxygen atoms in total. The van der Waals surface area contributed by atoms with E-state index in [0.717, 1.165) is 0 Å². The number of hydrogen-bond acceptors (Lipinski definition) is 0. The van der Waals surface area contributed by atoms with Crippen LogP contribution in [0.2, 0.25) is 0 Å². The molecule has 1 aromatic carbocycles. The Kier molecular flexibility index (Phi) is 5.01. The zero-order chi connectivity index (χ0) is 13.8. The molecule has 1 aromatic rings. The molecule has 0 saturated carbocycles. The molecule has 0 fully saturated rings. The Bertz CT molecular complexity index is 344. The summed E-state index contributed by atoms with van der Waals surface area (Å²) in [6.45, 7) is 14.2. The van der Waals surface area contributed by atoms with Crippen LogP contribution in [0.15, 0.2) is 30.3 Å². The van der Waals surface area contributed by atoms with Crippen LogP contribution in [0.5, 0.6) is 0 Å². The first-order chi connectivity index (χ1) is 8.26. The van der Waals surface area contributed by atoms with E-state index in [1.807, 2.05) is 0 Å². The van der Waals surface area contributed by atoms with E-state index >= 15 is 0 Å². The molecule has 0 heterocycles. The summed E-state index contributed by atoms with van der Waals surface area (Å²) >= 11 is 0. The zero-order valence-corrected chi connectivity index (χ0v) is 13.1. The van der Waals surface area contributed by atoms with E-state index in [0.29, 0.717) is 16.7 Å². The summed E-state index contributed by atoms with van der Waals surface area (Å²) in [7, 11) is 0. The molecule has 0 heteroatoms. The quantitative estimate of drug-likeness (QED) is 0.595. The molecular weight excluding hydrogens is 216 g/mol. The lowest BCUT2D eigenvalue weighted by molar-refractivity contribution is 0.162. The predicted octanol–water partition coefficient (Wildman–Crippen LogP) is 6.03. The van der Waals surface area contributed by atoms with E-state index in [1.54, 1.807) is 0 Å². The van der Waals surface area contributed by atoms with E-state index in [-0.39, 0.29) is 0 Å². The summed E-state index contributed by atoms with van der Waals surface area (Å²) in [5.74, 6) is 0.651. The van der Waals surface area contributed by atoms with Gasteiger partial charge in [-0.3, -0.25) is 0 Å². The van der Waals surface area contributed by atoms with E-state index in [1.165, 1.54) is 24.8 Å². The minimum Gasteiger partial charge on any atom is -0.0649 e. The molecule has 1 rings (SSSR count). The normalized spacial score (nSPS) is 17.2. The number of rotatable bonds is 5. The Morgan fingerprint density at radius 3 is 2.00 bits per heavy atom. The van der Waals surface area contributed by atoms with Gasteiger partial charge in [-0.05, 0) is 35.2 Å². The van der Waals surface area contributed by atoms with Gasteiger partial charge in [0, 0.05) is 0 Å². The van der Waals surface area contributed by atoms with Crippen molar-refractivity contribution in [2.75, 3.05) is 0 Å². The van der Waals surface area contributed by atoms with Crippen molar-refractivity contribution in [1.29, 1.82) is 0 Å². The molecule has 102 valence electrons. The maximum absolute atomic E-state index is 2.46. The second-order valence-corrected chi connectivity index (χ2v) is 7.42. The zero-order valence-electron chi connectivity index (χ0n) is 13.1. The minimum absolute atomic E-state index is 0.418. The maximum atomic E-state index is 2.46. The first-order valence-corrected chi connectivity index (χ1v) is 7.31. The van der Waals surface area contributed by atoms with Crippen molar-refractivity contribution in [3.63, 3.8) is 0 Å². The highest BCUT2D eigenvalue weighted by atomic mass is 14.3. The van der Waals surface area contributed by atoms with Gasteiger partial charge in [0.05, 0.1) is 0 Å². The van der Waals surface area contributed by atoms with Gasteiger partial charge in [-0.15, -0.1) is 0 Å². The third-order valence-corrected chi connectivity index (χ3v) is 3.98. The van der Waals surface area contributed by atoms with Gasteiger partial charge in [-0.2, -0.15) is 0 Å².